The molecule has 2 saturated carbocycles. The molecule has 42 heavy (non-hydrogen) atoms. The molecule has 1 heterocycles. The van der Waals surface area contributed by atoms with Gasteiger partial charge in [0.25, 0.3) is 5.91 Å². The summed E-state index contributed by atoms with van der Waals surface area (Å²) in [5.74, 6) is 11.7. The third-order valence-corrected chi connectivity index (χ3v) is 7.77. The van der Waals surface area contributed by atoms with Crippen LogP contribution in [-0.4, -0.2) is 44.4 Å². The lowest BCUT2D eigenvalue weighted by atomic mass is 9.82. The minimum Gasteiger partial charge on any atom is -0.378 e. The van der Waals surface area contributed by atoms with E-state index in [1.165, 1.54) is 0 Å². The van der Waals surface area contributed by atoms with Gasteiger partial charge in [-0.15, -0.1) is 0 Å². The fourth-order valence-electron chi connectivity index (χ4n) is 5.18. The minimum absolute atomic E-state index is 0.0578. The fourth-order valence-corrected chi connectivity index (χ4v) is 5.56. The van der Waals surface area contributed by atoms with Gasteiger partial charge in [-0.3, -0.25) is 9.78 Å². The van der Waals surface area contributed by atoms with Crippen LogP contribution in [0.4, 0.5) is 0 Å². The highest BCUT2D eigenvalue weighted by Crippen LogP contribution is 2.29. The molecule has 0 radical (unpaired) electrons. The molecule has 3 aromatic rings. The van der Waals surface area contributed by atoms with Crippen molar-refractivity contribution in [2.24, 2.45) is 5.73 Å². The summed E-state index contributed by atoms with van der Waals surface area (Å²) in [4.78, 5) is 16.2. The first-order chi connectivity index (χ1) is 20.1. The van der Waals surface area contributed by atoms with Crippen LogP contribution < -0.4 is 11.1 Å². The van der Waals surface area contributed by atoms with Gasteiger partial charge in [-0.1, -0.05) is 59.0 Å². The molecule has 0 saturated heterocycles. The molecule has 4 atom stereocenters. The summed E-state index contributed by atoms with van der Waals surface area (Å²) in [5, 5.41) is 25.3. The topological polar surface area (TPSA) is 108 Å². The first-order valence-electron chi connectivity index (χ1n) is 14.1. The van der Waals surface area contributed by atoms with Gasteiger partial charge in [-0.05, 0) is 87.1 Å². The van der Waals surface area contributed by atoms with E-state index in [0.717, 1.165) is 36.8 Å². The van der Waals surface area contributed by atoms with Crippen molar-refractivity contribution in [3.63, 3.8) is 0 Å². The molecule has 0 unspecified atom stereocenters. The second-order valence-corrected chi connectivity index (χ2v) is 11.8. The van der Waals surface area contributed by atoms with Crippen LogP contribution in [0, 0.1) is 23.7 Å². The summed E-state index contributed by atoms with van der Waals surface area (Å²) in [7, 11) is 0. The second-order valence-electron chi connectivity index (χ2n) is 10.9. The number of halogens is 2. The number of rotatable bonds is 2. The SMILES string of the molecule is N[C@H]1CCC[C@@](O)(C#Cc2cccc(Cl)c2)C1.O=C(N[C@H]1CCC[C@@](O)(C#Cc2cccc(Cl)c2)C1)c1ccncc1. The van der Waals surface area contributed by atoms with Crippen molar-refractivity contribution >= 4 is 29.1 Å². The van der Waals surface area contributed by atoms with E-state index in [1.807, 2.05) is 24.3 Å². The average Bonchev–Trinajstić information content (AvgIpc) is 2.96. The highest BCUT2D eigenvalue weighted by Gasteiger charge is 2.34. The number of pyridine rings is 1. The Morgan fingerprint density at radius 1 is 0.857 bits per heavy atom. The Hall–Kier alpha value is -3.36. The number of benzene rings is 2. The van der Waals surface area contributed by atoms with Gasteiger partial charge in [-0.25, -0.2) is 0 Å². The minimum atomic E-state index is -1.10. The number of carbonyl (C=O) groups excluding carboxylic acids is 1. The smallest absolute Gasteiger partial charge is 0.251 e. The van der Waals surface area contributed by atoms with Crippen molar-refractivity contribution in [3.8, 4) is 23.7 Å². The third kappa shape index (κ3) is 9.88. The van der Waals surface area contributed by atoms with Gasteiger partial charge in [0, 0.05) is 64.1 Å². The van der Waals surface area contributed by atoms with Gasteiger partial charge in [0.1, 0.15) is 11.2 Å². The number of nitrogens with two attached hydrogens (primary N) is 1. The van der Waals surface area contributed by atoms with Gasteiger partial charge < -0.3 is 21.3 Å². The number of hydrogen-bond donors (Lipinski definition) is 4. The van der Waals surface area contributed by atoms with Gasteiger partial charge in [0.15, 0.2) is 0 Å². The molecule has 6 nitrogen and oxygen atoms in total. The van der Waals surface area contributed by atoms with Crippen LogP contribution in [0.15, 0.2) is 73.1 Å². The third-order valence-electron chi connectivity index (χ3n) is 7.30. The van der Waals surface area contributed by atoms with E-state index in [-0.39, 0.29) is 18.0 Å². The summed E-state index contributed by atoms with van der Waals surface area (Å²) in [6.45, 7) is 0. The molecule has 1 amide bonds. The summed E-state index contributed by atoms with van der Waals surface area (Å²) in [6.07, 6.45) is 8.99. The summed E-state index contributed by atoms with van der Waals surface area (Å²) in [5.41, 5.74) is 5.98. The molecule has 5 N–H and O–H groups in total. The lowest BCUT2D eigenvalue weighted by molar-refractivity contribution is 0.0452. The highest BCUT2D eigenvalue weighted by atomic mass is 35.5. The number of amides is 1. The Labute approximate surface area is 257 Å². The molecule has 2 aromatic carbocycles. The number of carbonyl (C=O) groups is 1. The van der Waals surface area contributed by atoms with Crippen molar-refractivity contribution in [1.29, 1.82) is 0 Å². The van der Waals surface area contributed by atoms with E-state index in [0.29, 0.717) is 41.3 Å². The van der Waals surface area contributed by atoms with Crippen molar-refractivity contribution in [1.82, 2.24) is 10.3 Å². The number of nitrogens with zero attached hydrogens (tertiary/aromatic N) is 1. The largest absolute Gasteiger partial charge is 0.378 e. The standard InChI is InChI=1S/C20H19ClN2O2.C14H16ClNO/c21-17-4-1-3-15(13-17)6-10-20(25)9-2-5-18(14-20)23-19(24)16-7-11-22-12-8-16;15-12-4-1-3-11(9-12)6-8-14(17)7-2-5-13(16)10-14/h1,3-4,7-8,11-13,18,25H,2,5,9,14H2,(H,23,24);1,3-4,9,13,17H,2,5,7,10,16H2/t18-,20+;13-,14+/m00/s1. The number of aromatic nitrogens is 1. The first-order valence-corrected chi connectivity index (χ1v) is 14.9. The van der Waals surface area contributed by atoms with Crippen molar-refractivity contribution in [2.45, 2.75) is 74.7 Å². The quantitative estimate of drug-likeness (QED) is 0.289. The van der Waals surface area contributed by atoms with Crippen LogP contribution in [0.25, 0.3) is 0 Å². The lowest BCUT2D eigenvalue weighted by Crippen LogP contribution is -2.45. The predicted octanol–water partition coefficient (Wildman–Crippen LogP) is 5.51. The Kier molecular flexibility index (Phi) is 11.0. The Balaban J connectivity index is 0.000000208. The van der Waals surface area contributed by atoms with E-state index in [4.69, 9.17) is 28.9 Å². The molecule has 2 aliphatic rings. The molecule has 8 heteroatoms. The van der Waals surface area contributed by atoms with Crippen LogP contribution in [0.2, 0.25) is 10.0 Å². The Morgan fingerprint density at radius 2 is 1.40 bits per heavy atom. The zero-order valence-electron chi connectivity index (χ0n) is 23.3. The maximum atomic E-state index is 12.3. The van der Waals surface area contributed by atoms with E-state index in [1.54, 1.807) is 48.8 Å². The van der Waals surface area contributed by atoms with E-state index in [9.17, 15) is 15.0 Å². The Morgan fingerprint density at radius 3 is 1.95 bits per heavy atom. The Bertz CT molecular complexity index is 1490. The zero-order valence-corrected chi connectivity index (χ0v) is 24.8. The lowest BCUT2D eigenvalue weighted by Gasteiger charge is -2.33. The van der Waals surface area contributed by atoms with Gasteiger partial charge in [0.05, 0.1) is 0 Å². The molecule has 0 bridgehead atoms. The summed E-state index contributed by atoms with van der Waals surface area (Å²) >= 11 is 11.8. The van der Waals surface area contributed by atoms with Crippen LogP contribution in [0.3, 0.4) is 0 Å². The van der Waals surface area contributed by atoms with Crippen LogP contribution >= 0.6 is 23.2 Å². The molecule has 0 spiro atoms. The van der Waals surface area contributed by atoms with Crippen molar-refractivity contribution < 1.29 is 15.0 Å². The van der Waals surface area contributed by atoms with Crippen molar-refractivity contribution in [2.75, 3.05) is 0 Å². The molecular weight excluding hydrogens is 569 g/mol. The maximum absolute atomic E-state index is 12.3. The fraction of sp³-hybridized carbons (Fsp3) is 0.353. The molecular formula is C34H35Cl2N3O3. The molecule has 2 fully saturated rings. The second kappa shape index (κ2) is 14.7. The molecule has 218 valence electrons. The van der Waals surface area contributed by atoms with Crippen molar-refractivity contribution in [3.05, 3.63) is 99.8 Å². The maximum Gasteiger partial charge on any atom is 0.251 e. The van der Waals surface area contributed by atoms with Crippen LogP contribution in [0.1, 0.15) is 72.9 Å². The molecule has 2 aliphatic carbocycles. The van der Waals surface area contributed by atoms with Gasteiger partial charge >= 0.3 is 0 Å². The number of aliphatic hydroxyl groups is 2. The zero-order chi connectivity index (χ0) is 30.0. The molecule has 0 aliphatic heterocycles. The van der Waals surface area contributed by atoms with Crippen LogP contribution in [0.5, 0.6) is 0 Å². The monoisotopic (exact) mass is 603 g/mol. The first kappa shape index (κ1) is 31.6. The van der Waals surface area contributed by atoms with Gasteiger partial charge in [0.2, 0.25) is 0 Å². The highest BCUT2D eigenvalue weighted by molar-refractivity contribution is 6.31. The summed E-state index contributed by atoms with van der Waals surface area (Å²) in [6, 6.07) is 17.9. The van der Waals surface area contributed by atoms with E-state index in [2.05, 4.69) is 34.0 Å². The average molecular weight is 605 g/mol. The van der Waals surface area contributed by atoms with E-state index >= 15 is 0 Å². The predicted molar refractivity (Wildman–Crippen MR) is 167 cm³/mol. The number of hydrogen-bond acceptors (Lipinski definition) is 5. The molecule has 5 rings (SSSR count). The van der Waals surface area contributed by atoms with Crippen LogP contribution in [-0.2, 0) is 0 Å². The molecule has 1 aromatic heterocycles. The summed E-state index contributed by atoms with van der Waals surface area (Å²) < 4.78 is 0. The normalized spacial score (nSPS) is 24.9. The van der Waals surface area contributed by atoms with E-state index < -0.39 is 11.2 Å². The van der Waals surface area contributed by atoms with Gasteiger partial charge in [-0.2, -0.15) is 0 Å². The number of nitrogens with one attached hydrogen (secondary N) is 1.